The lowest BCUT2D eigenvalue weighted by Crippen LogP contribution is -2.37. The first-order valence-corrected chi connectivity index (χ1v) is 6.04. The predicted molar refractivity (Wildman–Crippen MR) is 69.3 cm³/mol. The Bertz CT molecular complexity index is 507. The quantitative estimate of drug-likeness (QED) is 0.490. The molecule has 0 saturated carbocycles. The van der Waals surface area contributed by atoms with Crippen LogP contribution in [0.25, 0.3) is 0 Å². The van der Waals surface area contributed by atoms with Crippen molar-refractivity contribution >= 4 is 40.7 Å². The van der Waals surface area contributed by atoms with Crippen LogP contribution in [0.1, 0.15) is 6.42 Å². The second-order valence-electron chi connectivity index (χ2n) is 4.01. The van der Waals surface area contributed by atoms with E-state index in [-0.39, 0.29) is 24.8 Å². The molecule has 1 unspecified atom stereocenters. The molecule has 2 amide bonds. The van der Waals surface area contributed by atoms with E-state index in [1.165, 1.54) is 4.90 Å². The summed E-state index contributed by atoms with van der Waals surface area (Å²) in [4.78, 5) is 24.7. The average molecular weight is 288 g/mol. The highest BCUT2D eigenvalue weighted by Gasteiger charge is 2.35. The number of halogens is 2. The molecule has 96 valence electrons. The lowest BCUT2D eigenvalue weighted by Gasteiger charge is -2.18. The van der Waals surface area contributed by atoms with Crippen LogP contribution in [0.2, 0.25) is 10.0 Å². The van der Waals surface area contributed by atoms with Gasteiger partial charge in [-0.1, -0.05) is 23.2 Å². The van der Waals surface area contributed by atoms with Crippen LogP contribution in [0.15, 0.2) is 18.2 Å². The molecule has 7 heteroatoms. The van der Waals surface area contributed by atoms with Gasteiger partial charge < -0.3 is 4.90 Å². The summed E-state index contributed by atoms with van der Waals surface area (Å²) in [6.45, 7) is 0.267. The average Bonchev–Trinajstić information content (AvgIpc) is 2.70. The third kappa shape index (κ3) is 2.43. The SMILES string of the molecule is NNC(=O)C1CC(=O)N(c2ccc(Cl)cc2Cl)C1. The largest absolute Gasteiger partial charge is 0.310 e. The summed E-state index contributed by atoms with van der Waals surface area (Å²) in [6, 6.07) is 4.86. The normalized spacial score (nSPS) is 19.2. The first-order valence-electron chi connectivity index (χ1n) is 5.29. The maximum atomic E-state index is 11.9. The topological polar surface area (TPSA) is 75.4 Å². The molecule has 1 aromatic rings. The Morgan fingerprint density at radius 1 is 1.44 bits per heavy atom. The lowest BCUT2D eigenvalue weighted by atomic mass is 10.1. The van der Waals surface area contributed by atoms with E-state index in [9.17, 15) is 9.59 Å². The maximum absolute atomic E-state index is 11.9. The molecule has 0 spiro atoms. The molecule has 18 heavy (non-hydrogen) atoms. The minimum absolute atomic E-state index is 0.127. The van der Waals surface area contributed by atoms with Crippen LogP contribution in [0.5, 0.6) is 0 Å². The van der Waals surface area contributed by atoms with Gasteiger partial charge in [0.2, 0.25) is 11.8 Å². The first-order chi connectivity index (χ1) is 8.52. The lowest BCUT2D eigenvalue weighted by molar-refractivity contribution is -0.126. The highest BCUT2D eigenvalue weighted by molar-refractivity contribution is 6.36. The molecule has 1 heterocycles. The standard InChI is InChI=1S/C11H11Cl2N3O2/c12-7-1-2-9(8(13)4-7)16-5-6(3-10(16)17)11(18)15-14/h1-2,4,6H,3,5,14H2,(H,15,18). The predicted octanol–water partition coefficient (Wildman–Crippen LogP) is 1.34. The minimum Gasteiger partial charge on any atom is -0.310 e. The highest BCUT2D eigenvalue weighted by Crippen LogP contribution is 2.33. The number of nitrogens with two attached hydrogens (primary N) is 1. The van der Waals surface area contributed by atoms with Crippen molar-refractivity contribution in [1.82, 2.24) is 5.43 Å². The fraction of sp³-hybridized carbons (Fsp3) is 0.273. The van der Waals surface area contributed by atoms with E-state index >= 15 is 0 Å². The van der Waals surface area contributed by atoms with E-state index < -0.39 is 5.92 Å². The van der Waals surface area contributed by atoms with Gasteiger partial charge in [0, 0.05) is 18.0 Å². The Morgan fingerprint density at radius 2 is 2.17 bits per heavy atom. The number of benzene rings is 1. The zero-order valence-corrected chi connectivity index (χ0v) is 10.8. The second-order valence-corrected chi connectivity index (χ2v) is 4.85. The Kier molecular flexibility index (Phi) is 3.75. The van der Waals surface area contributed by atoms with Gasteiger partial charge in [-0.25, -0.2) is 5.84 Å². The summed E-state index contributed by atoms with van der Waals surface area (Å²) in [7, 11) is 0. The van der Waals surface area contributed by atoms with Gasteiger partial charge in [-0.15, -0.1) is 0 Å². The molecule has 2 rings (SSSR count). The molecule has 0 radical (unpaired) electrons. The summed E-state index contributed by atoms with van der Waals surface area (Å²) in [5.74, 6) is 4.10. The number of anilines is 1. The molecular weight excluding hydrogens is 277 g/mol. The van der Waals surface area contributed by atoms with Gasteiger partial charge in [-0.05, 0) is 18.2 Å². The van der Waals surface area contributed by atoms with Crippen molar-refractivity contribution < 1.29 is 9.59 Å². The number of rotatable bonds is 2. The summed E-state index contributed by atoms with van der Waals surface area (Å²) >= 11 is 11.8. The van der Waals surface area contributed by atoms with Crippen LogP contribution >= 0.6 is 23.2 Å². The van der Waals surface area contributed by atoms with E-state index in [2.05, 4.69) is 5.43 Å². The second kappa shape index (κ2) is 5.14. The molecule has 1 aliphatic heterocycles. The fourth-order valence-electron chi connectivity index (χ4n) is 1.93. The zero-order valence-electron chi connectivity index (χ0n) is 9.32. The number of amides is 2. The van der Waals surface area contributed by atoms with Gasteiger partial charge in [0.05, 0.1) is 16.6 Å². The molecule has 5 nitrogen and oxygen atoms in total. The molecule has 0 bridgehead atoms. The van der Waals surface area contributed by atoms with Crippen LogP contribution in [0.4, 0.5) is 5.69 Å². The molecule has 1 atom stereocenters. The summed E-state index contributed by atoms with van der Waals surface area (Å²) < 4.78 is 0. The van der Waals surface area contributed by atoms with Crippen molar-refractivity contribution in [3.8, 4) is 0 Å². The Hall–Kier alpha value is -1.30. The Labute approximate surface area is 114 Å². The number of nitrogens with zero attached hydrogens (tertiary/aromatic N) is 1. The van der Waals surface area contributed by atoms with Crippen molar-refractivity contribution in [2.24, 2.45) is 11.8 Å². The van der Waals surface area contributed by atoms with Gasteiger partial charge in [0.15, 0.2) is 0 Å². The van der Waals surface area contributed by atoms with E-state index in [0.29, 0.717) is 15.7 Å². The van der Waals surface area contributed by atoms with Crippen LogP contribution in [-0.4, -0.2) is 18.4 Å². The molecule has 1 saturated heterocycles. The van der Waals surface area contributed by atoms with E-state index in [0.717, 1.165) is 0 Å². The molecule has 3 N–H and O–H groups in total. The smallest absolute Gasteiger partial charge is 0.239 e. The number of carbonyl (C=O) groups excluding carboxylic acids is 2. The van der Waals surface area contributed by atoms with Crippen molar-refractivity contribution in [2.75, 3.05) is 11.4 Å². The van der Waals surface area contributed by atoms with Crippen molar-refractivity contribution in [3.05, 3.63) is 28.2 Å². The minimum atomic E-state index is -0.450. The number of carbonyl (C=O) groups is 2. The van der Waals surface area contributed by atoms with Crippen LogP contribution in [0, 0.1) is 5.92 Å². The highest BCUT2D eigenvalue weighted by atomic mass is 35.5. The van der Waals surface area contributed by atoms with E-state index in [4.69, 9.17) is 29.0 Å². The van der Waals surface area contributed by atoms with Gasteiger partial charge >= 0.3 is 0 Å². The number of nitrogens with one attached hydrogen (secondary N) is 1. The summed E-state index contributed by atoms with van der Waals surface area (Å²) in [6.07, 6.45) is 0.127. The van der Waals surface area contributed by atoms with Gasteiger partial charge in [0.25, 0.3) is 0 Å². The van der Waals surface area contributed by atoms with Crippen molar-refractivity contribution in [1.29, 1.82) is 0 Å². The third-order valence-electron chi connectivity index (χ3n) is 2.84. The molecule has 1 fully saturated rings. The number of hydrogen-bond acceptors (Lipinski definition) is 3. The zero-order chi connectivity index (χ0) is 13.3. The van der Waals surface area contributed by atoms with Crippen LogP contribution in [0.3, 0.4) is 0 Å². The molecule has 1 aromatic carbocycles. The fourth-order valence-corrected chi connectivity index (χ4v) is 2.44. The number of hydrazine groups is 1. The Balaban J connectivity index is 2.24. The summed E-state index contributed by atoms with van der Waals surface area (Å²) in [5.41, 5.74) is 2.61. The summed E-state index contributed by atoms with van der Waals surface area (Å²) in [5, 5.41) is 0.872. The van der Waals surface area contributed by atoms with Crippen LogP contribution < -0.4 is 16.2 Å². The van der Waals surface area contributed by atoms with Gasteiger partial charge in [-0.2, -0.15) is 0 Å². The maximum Gasteiger partial charge on any atom is 0.239 e. The first kappa shape index (κ1) is 13.1. The molecule has 0 aromatic heterocycles. The number of hydrogen-bond donors (Lipinski definition) is 2. The monoisotopic (exact) mass is 287 g/mol. The Morgan fingerprint density at radius 3 is 2.78 bits per heavy atom. The van der Waals surface area contributed by atoms with E-state index in [1.807, 2.05) is 0 Å². The van der Waals surface area contributed by atoms with E-state index in [1.54, 1.807) is 18.2 Å². The van der Waals surface area contributed by atoms with Crippen molar-refractivity contribution in [3.63, 3.8) is 0 Å². The molecular formula is C11H11Cl2N3O2. The molecule has 1 aliphatic rings. The van der Waals surface area contributed by atoms with Crippen molar-refractivity contribution in [2.45, 2.75) is 6.42 Å². The van der Waals surface area contributed by atoms with Gasteiger partial charge in [-0.3, -0.25) is 15.0 Å². The van der Waals surface area contributed by atoms with Crippen LogP contribution in [-0.2, 0) is 9.59 Å². The van der Waals surface area contributed by atoms with Gasteiger partial charge in [0.1, 0.15) is 0 Å². The third-order valence-corrected chi connectivity index (χ3v) is 3.38. The molecule has 0 aliphatic carbocycles.